The number of fused-ring (bicyclic) bond motifs is 1. The lowest BCUT2D eigenvalue weighted by molar-refractivity contribution is -0.138. The van der Waals surface area contributed by atoms with Crippen LogP contribution >= 0.6 is 12.6 Å². The fraction of sp³-hybridized carbons (Fsp3) is 0.300. The number of esters is 1. The Hall–Kier alpha value is -3.26. The molecule has 1 aromatic carbocycles. The first-order valence-corrected chi connectivity index (χ1v) is 9.57. The Morgan fingerprint density at radius 3 is 2.61 bits per heavy atom. The molecule has 7 nitrogen and oxygen atoms in total. The van der Waals surface area contributed by atoms with Crippen molar-refractivity contribution < 1.29 is 27.5 Å². The van der Waals surface area contributed by atoms with E-state index in [1.165, 1.54) is 6.07 Å². The van der Waals surface area contributed by atoms with Gasteiger partial charge in [0.25, 0.3) is 5.91 Å². The molecule has 1 saturated heterocycles. The van der Waals surface area contributed by atoms with Crippen LogP contribution in [-0.4, -0.2) is 27.9 Å². The number of nitriles is 1. The van der Waals surface area contributed by atoms with Crippen LogP contribution in [0.2, 0.25) is 0 Å². The highest BCUT2D eigenvalue weighted by Gasteiger charge is 2.52. The number of alkyl halides is 3. The number of anilines is 2. The summed E-state index contributed by atoms with van der Waals surface area (Å²) in [5, 5.41) is 8.96. The largest absolute Gasteiger partial charge is 0.457 e. The van der Waals surface area contributed by atoms with Crippen LogP contribution in [0.4, 0.5) is 24.5 Å². The van der Waals surface area contributed by atoms with E-state index in [0.29, 0.717) is 16.8 Å². The maximum atomic E-state index is 13.4. The second kappa shape index (κ2) is 6.88. The quantitative estimate of drug-likeness (QED) is 0.559. The van der Waals surface area contributed by atoms with Gasteiger partial charge in [-0.05, 0) is 38.1 Å². The average Bonchev–Trinajstić information content (AvgIpc) is 3.15. The zero-order chi connectivity index (χ0) is 22.7. The number of ether oxygens (including phenoxy) is 1. The number of hydrogen-bond acceptors (Lipinski definition) is 7. The Bertz CT molecular complexity index is 1160. The highest BCUT2D eigenvalue weighted by atomic mass is 32.1. The van der Waals surface area contributed by atoms with E-state index in [-0.39, 0.29) is 12.3 Å². The summed E-state index contributed by atoms with van der Waals surface area (Å²) in [7, 11) is 0. The first-order valence-electron chi connectivity index (χ1n) is 9.05. The van der Waals surface area contributed by atoms with Gasteiger partial charge in [0.15, 0.2) is 11.2 Å². The Morgan fingerprint density at radius 1 is 1.26 bits per heavy atom. The van der Waals surface area contributed by atoms with Crippen molar-refractivity contribution in [3.63, 3.8) is 0 Å². The Morgan fingerprint density at radius 2 is 1.97 bits per heavy atom. The fourth-order valence-electron chi connectivity index (χ4n) is 3.77. The number of amides is 1. The van der Waals surface area contributed by atoms with Crippen molar-refractivity contribution in [1.29, 1.82) is 5.26 Å². The monoisotopic (exact) mass is 448 g/mol. The van der Waals surface area contributed by atoms with Crippen LogP contribution in [0, 0.1) is 11.3 Å². The molecule has 1 unspecified atom stereocenters. The van der Waals surface area contributed by atoms with Crippen LogP contribution in [0.1, 0.15) is 41.0 Å². The average molecular weight is 448 g/mol. The summed E-state index contributed by atoms with van der Waals surface area (Å²) in [6.45, 7) is 3.34. The highest BCUT2D eigenvalue weighted by molar-refractivity contribution is 7.81. The summed E-state index contributed by atoms with van der Waals surface area (Å²) in [5.41, 5.74) is -2.66. The van der Waals surface area contributed by atoms with E-state index in [0.717, 1.165) is 17.2 Å². The zero-order valence-corrected chi connectivity index (χ0v) is 17.2. The Kier molecular flexibility index (Phi) is 4.66. The second-order valence-corrected chi connectivity index (χ2v) is 8.03. The highest BCUT2D eigenvalue weighted by Crippen LogP contribution is 2.42. The van der Waals surface area contributed by atoms with Gasteiger partial charge in [0, 0.05) is 11.3 Å². The normalized spacial score (nSPS) is 20.0. The van der Waals surface area contributed by atoms with Crippen LogP contribution in [0.15, 0.2) is 30.5 Å². The standard InChI is InChI=1S/C20H15F3N4O3S/c1-19(2)17(29)26(12-6-14(20(21,22)23)15(7-24)25-8-12)18(31)27(19)11-3-4-13-10(5-11)9-30-16(13)28/h3-6,8,18,31H,9H2,1-2H3. The molecule has 1 fully saturated rings. The molecular weight excluding hydrogens is 433 g/mol. The first-order chi connectivity index (χ1) is 14.5. The van der Waals surface area contributed by atoms with Crippen molar-refractivity contribution in [2.75, 3.05) is 9.80 Å². The molecule has 160 valence electrons. The van der Waals surface area contributed by atoms with Gasteiger partial charge in [-0.25, -0.2) is 9.78 Å². The Labute approximate surface area is 180 Å². The number of aromatic nitrogens is 1. The van der Waals surface area contributed by atoms with E-state index in [4.69, 9.17) is 10.00 Å². The molecule has 3 heterocycles. The number of nitrogens with zero attached hydrogens (tertiary/aromatic N) is 4. The molecule has 2 aromatic rings. The molecule has 0 radical (unpaired) electrons. The fourth-order valence-corrected chi connectivity index (χ4v) is 4.43. The third-order valence-corrected chi connectivity index (χ3v) is 5.78. The predicted octanol–water partition coefficient (Wildman–Crippen LogP) is 3.49. The van der Waals surface area contributed by atoms with Crippen LogP contribution in [0.3, 0.4) is 0 Å². The van der Waals surface area contributed by atoms with Crippen molar-refractivity contribution in [3.05, 3.63) is 52.8 Å². The maximum Gasteiger partial charge on any atom is 0.419 e. The van der Waals surface area contributed by atoms with Gasteiger partial charge in [-0.15, -0.1) is 12.6 Å². The van der Waals surface area contributed by atoms with E-state index < -0.39 is 40.3 Å². The number of carbonyl (C=O) groups excluding carboxylic acids is 2. The summed E-state index contributed by atoms with van der Waals surface area (Å²) in [5.74, 6) is -0.939. The third kappa shape index (κ3) is 3.18. The van der Waals surface area contributed by atoms with Crippen LogP contribution in [0.25, 0.3) is 0 Å². The van der Waals surface area contributed by atoms with E-state index in [1.54, 1.807) is 36.9 Å². The predicted molar refractivity (Wildman–Crippen MR) is 106 cm³/mol. The molecule has 4 rings (SSSR count). The maximum absolute atomic E-state index is 13.4. The van der Waals surface area contributed by atoms with Gasteiger partial charge >= 0.3 is 12.1 Å². The molecular formula is C20H15F3N4O3S. The molecule has 0 aliphatic carbocycles. The van der Waals surface area contributed by atoms with Gasteiger partial charge in [0.05, 0.1) is 23.0 Å². The second-order valence-electron chi connectivity index (χ2n) is 7.57. The zero-order valence-electron chi connectivity index (χ0n) is 16.3. The SMILES string of the molecule is CC1(C)C(=O)N(c2cnc(C#N)c(C(F)(F)F)c2)C(S)N1c1ccc2c(c1)COC2=O. The van der Waals surface area contributed by atoms with Crippen molar-refractivity contribution in [1.82, 2.24) is 4.98 Å². The topological polar surface area (TPSA) is 86.5 Å². The number of cyclic esters (lactones) is 1. The number of benzene rings is 1. The van der Waals surface area contributed by atoms with E-state index in [1.807, 2.05) is 0 Å². The van der Waals surface area contributed by atoms with Crippen molar-refractivity contribution >= 4 is 35.9 Å². The summed E-state index contributed by atoms with van der Waals surface area (Å²) < 4.78 is 45.2. The molecule has 2 aliphatic rings. The van der Waals surface area contributed by atoms with Crippen LogP contribution in [-0.2, 0) is 22.3 Å². The molecule has 0 spiro atoms. The van der Waals surface area contributed by atoms with Gasteiger partial charge in [0.1, 0.15) is 18.2 Å². The minimum atomic E-state index is -4.81. The van der Waals surface area contributed by atoms with E-state index >= 15 is 0 Å². The van der Waals surface area contributed by atoms with Gasteiger partial charge < -0.3 is 9.64 Å². The van der Waals surface area contributed by atoms with E-state index in [9.17, 15) is 22.8 Å². The Balaban J connectivity index is 1.78. The van der Waals surface area contributed by atoms with Gasteiger partial charge in [0.2, 0.25) is 0 Å². The number of pyridine rings is 1. The molecule has 1 amide bonds. The van der Waals surface area contributed by atoms with Crippen molar-refractivity contribution in [3.8, 4) is 6.07 Å². The number of hydrogen-bond donors (Lipinski definition) is 1. The smallest absolute Gasteiger partial charge is 0.419 e. The molecule has 1 atom stereocenters. The van der Waals surface area contributed by atoms with E-state index in [2.05, 4.69) is 17.6 Å². The van der Waals surface area contributed by atoms with Crippen LogP contribution in [0.5, 0.6) is 0 Å². The van der Waals surface area contributed by atoms with Gasteiger partial charge in [-0.2, -0.15) is 18.4 Å². The summed E-state index contributed by atoms with van der Waals surface area (Å²) >= 11 is 4.51. The summed E-state index contributed by atoms with van der Waals surface area (Å²) in [6.07, 6.45) is -3.77. The van der Waals surface area contributed by atoms with Gasteiger partial charge in [-0.3, -0.25) is 9.69 Å². The summed E-state index contributed by atoms with van der Waals surface area (Å²) in [6, 6.07) is 7.04. The molecule has 1 aromatic heterocycles. The van der Waals surface area contributed by atoms with Crippen molar-refractivity contribution in [2.45, 2.75) is 37.7 Å². The lowest BCUT2D eigenvalue weighted by Crippen LogP contribution is -2.45. The molecule has 11 heteroatoms. The number of rotatable bonds is 2. The molecule has 0 bridgehead atoms. The number of thiol groups is 1. The lowest BCUT2D eigenvalue weighted by Gasteiger charge is -2.33. The molecule has 0 N–H and O–H groups in total. The molecule has 2 aliphatic heterocycles. The van der Waals surface area contributed by atoms with Crippen LogP contribution < -0.4 is 9.80 Å². The minimum Gasteiger partial charge on any atom is -0.457 e. The first kappa shape index (κ1) is 21.0. The molecule has 0 saturated carbocycles. The van der Waals surface area contributed by atoms with Crippen molar-refractivity contribution in [2.24, 2.45) is 0 Å². The van der Waals surface area contributed by atoms with Gasteiger partial charge in [-0.1, -0.05) is 0 Å². The lowest BCUT2D eigenvalue weighted by atomic mass is 10.0. The molecule has 31 heavy (non-hydrogen) atoms. The number of halogens is 3. The summed E-state index contributed by atoms with van der Waals surface area (Å²) in [4.78, 5) is 31.2. The third-order valence-electron chi connectivity index (χ3n) is 5.31. The number of carbonyl (C=O) groups is 2. The minimum absolute atomic E-state index is 0.0969.